The molecule has 0 aliphatic heterocycles. The first-order chi connectivity index (χ1) is 5.31. The van der Waals surface area contributed by atoms with Gasteiger partial charge in [-0.3, -0.25) is 0 Å². The molecule has 0 radical (unpaired) electrons. The molecule has 0 heterocycles. The van der Waals surface area contributed by atoms with Crippen molar-refractivity contribution in [2.45, 2.75) is 12.8 Å². The minimum atomic E-state index is 0.176. The highest BCUT2D eigenvalue weighted by Gasteiger charge is 2.30. The van der Waals surface area contributed by atoms with Crippen LogP contribution in [-0.4, -0.2) is 0 Å². The summed E-state index contributed by atoms with van der Waals surface area (Å²) in [5.74, 6) is 1.10. The Kier molecular flexibility index (Phi) is 2.48. The van der Waals surface area contributed by atoms with Gasteiger partial charge in [0.2, 0.25) is 0 Å². The van der Waals surface area contributed by atoms with E-state index in [4.69, 9.17) is 5.26 Å². The summed E-state index contributed by atoms with van der Waals surface area (Å²) < 4.78 is 0. The topological polar surface area (TPSA) is 23.8 Å². The predicted molar refractivity (Wildman–Crippen MR) is 45.7 cm³/mol. The minimum absolute atomic E-state index is 0.176. The van der Waals surface area contributed by atoms with Gasteiger partial charge < -0.3 is 0 Å². The monoisotopic (exact) mass is 147 g/mol. The lowest BCUT2D eigenvalue weighted by molar-refractivity contribution is 0.571. The average Bonchev–Trinajstić information content (AvgIpc) is 2.46. The molecule has 0 spiro atoms. The standard InChI is InChI=1S/C10H13N/c1-3-8-5-9(4-2)10(6-8)7-11/h3-4,8-10H,1-2,5-6H2. The molecular formula is C10H13N. The summed E-state index contributed by atoms with van der Waals surface area (Å²) in [6, 6.07) is 2.31. The lowest BCUT2D eigenvalue weighted by Gasteiger charge is -2.04. The van der Waals surface area contributed by atoms with E-state index >= 15 is 0 Å². The van der Waals surface area contributed by atoms with Gasteiger partial charge in [0, 0.05) is 0 Å². The Bertz CT molecular complexity index is 199. The third-order valence-corrected chi connectivity index (χ3v) is 2.45. The fraction of sp³-hybridized carbons (Fsp3) is 0.500. The van der Waals surface area contributed by atoms with Crippen LogP contribution in [0.2, 0.25) is 0 Å². The molecular weight excluding hydrogens is 134 g/mol. The van der Waals surface area contributed by atoms with Crippen LogP contribution in [0.15, 0.2) is 25.3 Å². The zero-order valence-corrected chi connectivity index (χ0v) is 6.66. The second-order valence-electron chi connectivity index (χ2n) is 3.10. The van der Waals surface area contributed by atoms with Gasteiger partial charge in [-0.15, -0.1) is 13.2 Å². The minimum Gasteiger partial charge on any atom is -0.198 e. The second-order valence-corrected chi connectivity index (χ2v) is 3.10. The molecule has 0 bridgehead atoms. The lowest BCUT2D eigenvalue weighted by atomic mass is 9.98. The van der Waals surface area contributed by atoms with Gasteiger partial charge in [0.25, 0.3) is 0 Å². The van der Waals surface area contributed by atoms with E-state index in [0.29, 0.717) is 11.8 Å². The molecule has 1 aliphatic rings. The molecule has 1 aliphatic carbocycles. The molecule has 0 aromatic rings. The number of allylic oxidation sites excluding steroid dienone is 2. The Morgan fingerprint density at radius 2 is 2.00 bits per heavy atom. The van der Waals surface area contributed by atoms with E-state index in [9.17, 15) is 0 Å². The van der Waals surface area contributed by atoms with E-state index in [1.165, 1.54) is 0 Å². The Hall–Kier alpha value is -1.03. The van der Waals surface area contributed by atoms with Crippen LogP contribution in [0, 0.1) is 29.1 Å². The largest absolute Gasteiger partial charge is 0.198 e. The predicted octanol–water partition coefficient (Wildman–Crippen LogP) is 2.52. The Morgan fingerprint density at radius 1 is 1.27 bits per heavy atom. The molecule has 0 N–H and O–H groups in total. The van der Waals surface area contributed by atoms with Crippen molar-refractivity contribution < 1.29 is 0 Å². The number of nitrogens with zero attached hydrogens (tertiary/aromatic N) is 1. The summed E-state index contributed by atoms with van der Waals surface area (Å²) in [5.41, 5.74) is 0. The third kappa shape index (κ3) is 1.51. The summed E-state index contributed by atoms with van der Waals surface area (Å²) in [4.78, 5) is 0. The molecule has 1 fully saturated rings. The van der Waals surface area contributed by atoms with Crippen LogP contribution in [0.4, 0.5) is 0 Å². The van der Waals surface area contributed by atoms with Gasteiger partial charge in [-0.2, -0.15) is 5.26 Å². The van der Waals surface area contributed by atoms with Crippen molar-refractivity contribution in [2.24, 2.45) is 17.8 Å². The van der Waals surface area contributed by atoms with E-state index in [1.807, 2.05) is 12.2 Å². The molecule has 3 unspecified atom stereocenters. The molecule has 58 valence electrons. The maximum absolute atomic E-state index is 8.75. The maximum Gasteiger partial charge on any atom is 0.0662 e. The summed E-state index contributed by atoms with van der Waals surface area (Å²) in [5, 5.41) is 8.75. The number of nitriles is 1. The number of hydrogen-bond acceptors (Lipinski definition) is 1. The Labute approximate surface area is 68.0 Å². The molecule has 0 aromatic carbocycles. The highest BCUT2D eigenvalue weighted by atomic mass is 14.4. The number of rotatable bonds is 2. The van der Waals surface area contributed by atoms with Gasteiger partial charge in [-0.25, -0.2) is 0 Å². The second kappa shape index (κ2) is 3.39. The van der Waals surface area contributed by atoms with Crippen LogP contribution in [0.25, 0.3) is 0 Å². The molecule has 1 rings (SSSR count). The van der Waals surface area contributed by atoms with Crippen molar-refractivity contribution in [3.63, 3.8) is 0 Å². The fourth-order valence-corrected chi connectivity index (χ4v) is 1.71. The first kappa shape index (κ1) is 8.07. The van der Waals surface area contributed by atoms with E-state index in [-0.39, 0.29) is 5.92 Å². The van der Waals surface area contributed by atoms with Crippen LogP contribution in [0.3, 0.4) is 0 Å². The Balaban J connectivity index is 2.62. The Morgan fingerprint density at radius 3 is 2.36 bits per heavy atom. The third-order valence-electron chi connectivity index (χ3n) is 2.45. The molecule has 1 heteroatoms. The smallest absolute Gasteiger partial charge is 0.0662 e. The number of hydrogen-bond donors (Lipinski definition) is 0. The molecule has 0 aromatic heterocycles. The van der Waals surface area contributed by atoms with Crippen LogP contribution < -0.4 is 0 Å². The van der Waals surface area contributed by atoms with Gasteiger partial charge in [0.15, 0.2) is 0 Å². The van der Waals surface area contributed by atoms with Gasteiger partial charge in [-0.1, -0.05) is 12.2 Å². The SMILES string of the molecule is C=CC1CC(C#N)C(C=C)C1. The zero-order chi connectivity index (χ0) is 8.27. The highest BCUT2D eigenvalue weighted by molar-refractivity contribution is 5.05. The van der Waals surface area contributed by atoms with E-state index in [0.717, 1.165) is 12.8 Å². The van der Waals surface area contributed by atoms with Crippen LogP contribution in [0.5, 0.6) is 0 Å². The molecule has 1 nitrogen and oxygen atoms in total. The average molecular weight is 147 g/mol. The van der Waals surface area contributed by atoms with Crippen molar-refractivity contribution >= 4 is 0 Å². The first-order valence-electron chi connectivity index (χ1n) is 3.96. The lowest BCUT2D eigenvalue weighted by Crippen LogP contribution is -2.00. The molecule has 11 heavy (non-hydrogen) atoms. The molecule has 3 atom stereocenters. The van der Waals surface area contributed by atoms with E-state index < -0.39 is 0 Å². The van der Waals surface area contributed by atoms with Crippen molar-refractivity contribution in [1.29, 1.82) is 5.26 Å². The maximum atomic E-state index is 8.75. The van der Waals surface area contributed by atoms with Gasteiger partial charge in [0.1, 0.15) is 0 Å². The summed E-state index contributed by atoms with van der Waals surface area (Å²) in [6.07, 6.45) is 5.88. The molecule has 1 saturated carbocycles. The van der Waals surface area contributed by atoms with E-state index in [2.05, 4.69) is 19.2 Å². The van der Waals surface area contributed by atoms with Gasteiger partial charge >= 0.3 is 0 Å². The van der Waals surface area contributed by atoms with Crippen molar-refractivity contribution in [3.05, 3.63) is 25.3 Å². The van der Waals surface area contributed by atoms with Crippen molar-refractivity contribution in [1.82, 2.24) is 0 Å². The summed E-state index contributed by atoms with van der Waals surface area (Å²) in [6.45, 7) is 7.46. The highest BCUT2D eigenvalue weighted by Crippen LogP contribution is 2.36. The quantitative estimate of drug-likeness (QED) is 0.550. The summed E-state index contributed by atoms with van der Waals surface area (Å²) >= 11 is 0. The fourth-order valence-electron chi connectivity index (χ4n) is 1.71. The molecule has 0 saturated heterocycles. The van der Waals surface area contributed by atoms with E-state index in [1.54, 1.807) is 0 Å². The van der Waals surface area contributed by atoms with Crippen molar-refractivity contribution in [3.8, 4) is 6.07 Å². The molecule has 0 amide bonds. The van der Waals surface area contributed by atoms with Crippen LogP contribution in [0.1, 0.15) is 12.8 Å². The van der Waals surface area contributed by atoms with Gasteiger partial charge in [0.05, 0.1) is 12.0 Å². The van der Waals surface area contributed by atoms with Crippen LogP contribution >= 0.6 is 0 Å². The van der Waals surface area contributed by atoms with Gasteiger partial charge in [-0.05, 0) is 24.7 Å². The first-order valence-corrected chi connectivity index (χ1v) is 3.96. The van der Waals surface area contributed by atoms with Crippen molar-refractivity contribution in [2.75, 3.05) is 0 Å². The van der Waals surface area contributed by atoms with Crippen LogP contribution in [-0.2, 0) is 0 Å². The zero-order valence-electron chi connectivity index (χ0n) is 6.66. The normalized spacial score (nSPS) is 36.1. The summed E-state index contributed by atoms with van der Waals surface area (Å²) in [7, 11) is 0.